The van der Waals surface area contributed by atoms with Crippen LogP contribution < -0.4 is 21.8 Å². The van der Waals surface area contributed by atoms with Crippen LogP contribution in [0.2, 0.25) is 0 Å². The second-order valence-corrected chi connectivity index (χ2v) is 2.65. The van der Waals surface area contributed by atoms with E-state index in [4.69, 9.17) is 11.5 Å². The Morgan fingerprint density at radius 3 is 2.53 bits per heavy atom. The minimum absolute atomic E-state index is 0.0954. The monoisotopic (exact) mass is 223 g/mol. The van der Waals surface area contributed by atoms with E-state index < -0.39 is 17.8 Å². The summed E-state index contributed by atoms with van der Waals surface area (Å²) in [5.41, 5.74) is 9.49. The number of alkyl halides is 3. The smallest absolute Gasteiger partial charge is 0.394 e. The van der Waals surface area contributed by atoms with Gasteiger partial charge in [-0.1, -0.05) is 0 Å². The molecule has 0 spiro atoms. The maximum Gasteiger partial charge on any atom is 0.574 e. The molecular formula is C7H8F3N3O2. The van der Waals surface area contributed by atoms with Gasteiger partial charge in [-0.05, 0) is 5.56 Å². The number of halogens is 3. The maximum absolute atomic E-state index is 11.9. The highest BCUT2D eigenvalue weighted by Gasteiger charge is 2.32. The first-order valence-corrected chi connectivity index (χ1v) is 3.81. The number of aromatic amines is 1. The van der Waals surface area contributed by atoms with Crippen molar-refractivity contribution in [2.45, 2.75) is 12.9 Å². The number of H-pyrrole nitrogens is 1. The van der Waals surface area contributed by atoms with Gasteiger partial charge < -0.3 is 16.2 Å². The van der Waals surface area contributed by atoms with Crippen LogP contribution in [0.1, 0.15) is 5.56 Å². The van der Waals surface area contributed by atoms with Gasteiger partial charge in [0.15, 0.2) is 0 Å². The van der Waals surface area contributed by atoms with Crippen molar-refractivity contribution in [3.05, 3.63) is 22.0 Å². The van der Waals surface area contributed by atoms with Crippen LogP contribution >= 0.6 is 0 Å². The largest absolute Gasteiger partial charge is 0.574 e. The average molecular weight is 223 g/mol. The Labute approximate surface area is 81.8 Å². The molecule has 0 saturated carbocycles. The van der Waals surface area contributed by atoms with Crippen LogP contribution in [0.5, 0.6) is 5.88 Å². The molecule has 0 amide bonds. The molecule has 0 aliphatic rings. The molecule has 0 unspecified atom stereocenters. The molecule has 1 aromatic rings. The number of anilines is 1. The fourth-order valence-electron chi connectivity index (χ4n) is 0.962. The Morgan fingerprint density at radius 1 is 1.47 bits per heavy atom. The molecule has 0 aromatic carbocycles. The number of hydrogen-bond donors (Lipinski definition) is 3. The Kier molecular flexibility index (Phi) is 2.89. The summed E-state index contributed by atoms with van der Waals surface area (Å²) in [6.07, 6.45) is -4.91. The molecule has 8 heteroatoms. The van der Waals surface area contributed by atoms with E-state index in [0.717, 1.165) is 6.07 Å². The van der Waals surface area contributed by atoms with Crippen molar-refractivity contribution in [2.75, 3.05) is 5.73 Å². The number of aromatic nitrogens is 1. The number of ether oxygens (including phenoxy) is 1. The van der Waals surface area contributed by atoms with Crippen LogP contribution in [0.15, 0.2) is 10.9 Å². The molecule has 1 rings (SSSR count). The molecule has 0 fully saturated rings. The van der Waals surface area contributed by atoms with Crippen molar-refractivity contribution < 1.29 is 17.9 Å². The molecule has 0 aliphatic carbocycles. The van der Waals surface area contributed by atoms with Gasteiger partial charge in [-0.2, -0.15) is 0 Å². The predicted molar refractivity (Wildman–Crippen MR) is 46.0 cm³/mol. The lowest BCUT2D eigenvalue weighted by atomic mass is 10.2. The zero-order valence-corrected chi connectivity index (χ0v) is 7.39. The molecular weight excluding hydrogens is 215 g/mol. The third-order valence-electron chi connectivity index (χ3n) is 1.57. The Balaban J connectivity index is 3.18. The SMILES string of the molecule is NCc1cc(=O)[nH]c(OC(F)(F)F)c1N. The van der Waals surface area contributed by atoms with Gasteiger partial charge >= 0.3 is 6.36 Å². The predicted octanol–water partition coefficient (Wildman–Crippen LogP) is 0.314. The van der Waals surface area contributed by atoms with Crippen LogP contribution in [0.25, 0.3) is 0 Å². The molecule has 0 aliphatic heterocycles. The van der Waals surface area contributed by atoms with Gasteiger partial charge in [0.25, 0.3) is 5.56 Å². The fraction of sp³-hybridized carbons (Fsp3) is 0.286. The summed E-state index contributed by atoms with van der Waals surface area (Å²) in [6, 6.07) is 1.01. The molecule has 0 bridgehead atoms. The van der Waals surface area contributed by atoms with Crippen molar-refractivity contribution in [3.8, 4) is 5.88 Å². The van der Waals surface area contributed by atoms with Gasteiger partial charge in [-0.25, -0.2) is 0 Å². The minimum atomic E-state index is -4.91. The van der Waals surface area contributed by atoms with E-state index in [1.165, 1.54) is 0 Å². The maximum atomic E-state index is 11.9. The molecule has 84 valence electrons. The highest BCUT2D eigenvalue weighted by atomic mass is 19.4. The number of nitrogen functional groups attached to an aromatic ring is 1. The lowest BCUT2D eigenvalue weighted by Gasteiger charge is -2.12. The standard InChI is InChI=1S/C7H8F3N3O2/c8-7(9,10)15-6-5(12)3(2-11)1-4(14)13-6/h1H,2,11-12H2,(H,13,14). The van der Waals surface area contributed by atoms with E-state index in [1.807, 2.05) is 4.98 Å². The molecule has 1 heterocycles. The van der Waals surface area contributed by atoms with Crippen molar-refractivity contribution in [1.82, 2.24) is 4.98 Å². The van der Waals surface area contributed by atoms with Crippen LogP contribution in [-0.2, 0) is 6.54 Å². The summed E-state index contributed by atoms with van der Waals surface area (Å²) in [6.45, 7) is -0.149. The normalized spacial score (nSPS) is 11.5. The van der Waals surface area contributed by atoms with Crippen molar-refractivity contribution >= 4 is 5.69 Å². The summed E-state index contributed by atoms with van der Waals surface area (Å²) < 4.78 is 39.1. The van der Waals surface area contributed by atoms with E-state index in [0.29, 0.717) is 0 Å². The van der Waals surface area contributed by atoms with Gasteiger partial charge in [-0.3, -0.25) is 9.78 Å². The molecule has 0 atom stereocenters. The van der Waals surface area contributed by atoms with E-state index in [1.54, 1.807) is 0 Å². The molecule has 0 radical (unpaired) electrons. The first-order chi connectivity index (χ1) is 6.83. The van der Waals surface area contributed by atoms with Gasteiger partial charge in [0.05, 0.1) is 5.69 Å². The van der Waals surface area contributed by atoms with Gasteiger partial charge in [0, 0.05) is 12.6 Å². The van der Waals surface area contributed by atoms with Crippen LogP contribution in [0, 0.1) is 0 Å². The van der Waals surface area contributed by atoms with E-state index >= 15 is 0 Å². The van der Waals surface area contributed by atoms with Crippen LogP contribution in [0.4, 0.5) is 18.9 Å². The summed E-state index contributed by atoms with van der Waals surface area (Å²) in [7, 11) is 0. The second-order valence-electron chi connectivity index (χ2n) is 2.65. The highest BCUT2D eigenvalue weighted by Crippen LogP contribution is 2.26. The Morgan fingerprint density at radius 2 is 2.07 bits per heavy atom. The molecule has 15 heavy (non-hydrogen) atoms. The molecule has 5 nitrogen and oxygen atoms in total. The van der Waals surface area contributed by atoms with Crippen molar-refractivity contribution in [3.63, 3.8) is 0 Å². The third-order valence-corrected chi connectivity index (χ3v) is 1.57. The first-order valence-electron chi connectivity index (χ1n) is 3.81. The fourth-order valence-corrected chi connectivity index (χ4v) is 0.962. The number of pyridine rings is 1. The molecule has 5 N–H and O–H groups in total. The molecule has 0 saturated heterocycles. The summed E-state index contributed by atoms with van der Waals surface area (Å²) in [4.78, 5) is 12.7. The van der Waals surface area contributed by atoms with Crippen molar-refractivity contribution in [1.29, 1.82) is 0 Å². The average Bonchev–Trinajstić information content (AvgIpc) is 2.08. The van der Waals surface area contributed by atoms with Gasteiger partial charge in [0.1, 0.15) is 0 Å². The number of rotatable bonds is 2. The summed E-state index contributed by atoms with van der Waals surface area (Å²) >= 11 is 0. The third kappa shape index (κ3) is 2.88. The van der Waals surface area contributed by atoms with E-state index in [-0.39, 0.29) is 17.8 Å². The van der Waals surface area contributed by atoms with Crippen LogP contribution in [0.3, 0.4) is 0 Å². The zero-order chi connectivity index (χ0) is 11.6. The quantitative estimate of drug-likeness (QED) is 0.672. The summed E-state index contributed by atoms with van der Waals surface area (Å²) in [5, 5.41) is 0. The topological polar surface area (TPSA) is 94.1 Å². The first kappa shape index (κ1) is 11.4. The lowest BCUT2D eigenvalue weighted by molar-refractivity contribution is -0.275. The summed E-state index contributed by atoms with van der Waals surface area (Å²) in [5.74, 6) is -0.838. The van der Waals surface area contributed by atoms with Crippen molar-refractivity contribution in [2.24, 2.45) is 5.73 Å². The van der Waals surface area contributed by atoms with E-state index in [2.05, 4.69) is 4.74 Å². The van der Waals surface area contributed by atoms with Crippen LogP contribution in [-0.4, -0.2) is 11.3 Å². The minimum Gasteiger partial charge on any atom is -0.394 e. The zero-order valence-electron chi connectivity index (χ0n) is 7.39. The van der Waals surface area contributed by atoms with E-state index in [9.17, 15) is 18.0 Å². The Hall–Kier alpha value is -1.70. The second kappa shape index (κ2) is 3.81. The lowest BCUT2D eigenvalue weighted by Crippen LogP contribution is -2.22. The number of hydrogen-bond acceptors (Lipinski definition) is 4. The number of nitrogens with two attached hydrogens (primary N) is 2. The van der Waals surface area contributed by atoms with Gasteiger partial charge in [0.2, 0.25) is 5.88 Å². The van der Waals surface area contributed by atoms with Gasteiger partial charge in [-0.15, -0.1) is 13.2 Å². The number of nitrogens with one attached hydrogen (secondary N) is 1. The highest BCUT2D eigenvalue weighted by molar-refractivity contribution is 5.54. The molecule has 1 aromatic heterocycles. The Bertz CT molecular complexity index is 413.